The van der Waals surface area contributed by atoms with E-state index in [1.54, 1.807) is 10.6 Å². The van der Waals surface area contributed by atoms with Crippen LogP contribution in [0, 0.1) is 6.92 Å². The fourth-order valence-electron chi connectivity index (χ4n) is 3.39. The molecule has 7 nitrogen and oxygen atoms in total. The molecule has 2 aliphatic rings. The zero-order valence-electron chi connectivity index (χ0n) is 16.7. The standard InChI is InChI=1S/C22H21ClN4O3/c1-3-15-10-18-17(11-16(15)23)24-19-20(25-22(29)26-21(19)28)27(18)8-9-30-12-14-6-4-13(2)5-7-14/h4-7,10-11H,3,8-9,12H2,1-2H3,(H,26,28,29). The molecule has 30 heavy (non-hydrogen) atoms. The minimum absolute atomic E-state index is 0.0981. The van der Waals surface area contributed by atoms with Gasteiger partial charge in [-0.15, -0.1) is 0 Å². The summed E-state index contributed by atoms with van der Waals surface area (Å²) < 4.78 is 7.65. The summed E-state index contributed by atoms with van der Waals surface area (Å²) in [7, 11) is 0. The summed E-state index contributed by atoms with van der Waals surface area (Å²) in [4.78, 5) is 34.8. The number of aryl methyl sites for hydroxylation is 2. The fraction of sp³-hybridized carbons (Fsp3) is 0.273. The monoisotopic (exact) mass is 424 g/mol. The maximum Gasteiger partial charge on any atom is 0.349 e. The summed E-state index contributed by atoms with van der Waals surface area (Å²) in [5.74, 6) is 0.236. The highest BCUT2D eigenvalue weighted by Crippen LogP contribution is 2.27. The van der Waals surface area contributed by atoms with Crippen molar-refractivity contribution in [3.8, 4) is 11.5 Å². The molecule has 0 spiro atoms. The van der Waals surface area contributed by atoms with Crippen molar-refractivity contribution in [3.05, 3.63) is 78.9 Å². The Hall–Kier alpha value is -3.03. The Balaban J connectivity index is 1.72. The van der Waals surface area contributed by atoms with Crippen LogP contribution in [0.25, 0.3) is 22.6 Å². The first-order chi connectivity index (χ1) is 14.5. The Kier molecular flexibility index (Phi) is 5.65. The van der Waals surface area contributed by atoms with E-state index in [0.717, 1.165) is 23.1 Å². The van der Waals surface area contributed by atoms with Crippen molar-refractivity contribution in [1.29, 1.82) is 0 Å². The summed E-state index contributed by atoms with van der Waals surface area (Å²) >= 11 is 6.35. The topological polar surface area (TPSA) is 89.9 Å². The highest BCUT2D eigenvalue weighted by Gasteiger charge is 2.19. The summed E-state index contributed by atoms with van der Waals surface area (Å²) in [6.07, 6.45) is 0.742. The van der Waals surface area contributed by atoms with E-state index in [9.17, 15) is 9.59 Å². The van der Waals surface area contributed by atoms with E-state index in [0.29, 0.717) is 30.3 Å². The molecule has 0 aromatic heterocycles. The van der Waals surface area contributed by atoms with Crippen molar-refractivity contribution in [1.82, 2.24) is 19.5 Å². The number of benzene rings is 2. The Morgan fingerprint density at radius 1 is 1.13 bits per heavy atom. The predicted octanol–water partition coefficient (Wildman–Crippen LogP) is 3.33. The van der Waals surface area contributed by atoms with Gasteiger partial charge in [0.2, 0.25) is 0 Å². The molecular weight excluding hydrogens is 404 g/mol. The molecule has 4 rings (SSSR count). The van der Waals surface area contributed by atoms with E-state index in [2.05, 4.69) is 15.0 Å². The largest absolute Gasteiger partial charge is 0.375 e. The molecule has 1 N–H and O–H groups in total. The van der Waals surface area contributed by atoms with Gasteiger partial charge in [0.15, 0.2) is 11.5 Å². The minimum atomic E-state index is -0.701. The average Bonchev–Trinajstić information content (AvgIpc) is 2.72. The Morgan fingerprint density at radius 3 is 2.63 bits per heavy atom. The number of H-pyrrole nitrogens is 1. The first-order valence-electron chi connectivity index (χ1n) is 9.72. The third kappa shape index (κ3) is 3.99. The van der Waals surface area contributed by atoms with Crippen LogP contribution in [0.4, 0.5) is 0 Å². The van der Waals surface area contributed by atoms with E-state index in [1.165, 1.54) is 5.56 Å². The van der Waals surface area contributed by atoms with Crippen molar-refractivity contribution in [2.75, 3.05) is 6.61 Å². The summed E-state index contributed by atoms with van der Waals surface area (Å²) in [6.45, 7) is 5.29. The smallest absolute Gasteiger partial charge is 0.349 e. The number of hydrogen-bond donors (Lipinski definition) is 1. The second kappa shape index (κ2) is 8.38. The molecule has 0 unspecified atom stereocenters. The first kappa shape index (κ1) is 20.3. The Labute approximate surface area is 177 Å². The molecule has 154 valence electrons. The lowest BCUT2D eigenvalue weighted by Gasteiger charge is -2.18. The summed E-state index contributed by atoms with van der Waals surface area (Å²) in [6, 6.07) is 11.8. The lowest BCUT2D eigenvalue weighted by molar-refractivity contribution is 0.114. The zero-order valence-corrected chi connectivity index (χ0v) is 17.5. The van der Waals surface area contributed by atoms with Gasteiger partial charge in [0.1, 0.15) is 0 Å². The molecule has 0 radical (unpaired) electrons. The van der Waals surface area contributed by atoms with Gasteiger partial charge in [-0.05, 0) is 36.6 Å². The van der Waals surface area contributed by atoms with Crippen molar-refractivity contribution in [2.45, 2.75) is 33.4 Å². The van der Waals surface area contributed by atoms with Crippen LogP contribution in [0.3, 0.4) is 0 Å². The van der Waals surface area contributed by atoms with Gasteiger partial charge in [0.05, 0.1) is 24.2 Å². The molecule has 0 bridgehead atoms. The number of aromatic amines is 1. The molecule has 8 heteroatoms. The van der Waals surface area contributed by atoms with Gasteiger partial charge in [0, 0.05) is 11.6 Å². The molecule has 2 heterocycles. The van der Waals surface area contributed by atoms with Crippen LogP contribution in [0.2, 0.25) is 5.02 Å². The predicted molar refractivity (Wildman–Crippen MR) is 116 cm³/mol. The van der Waals surface area contributed by atoms with Gasteiger partial charge in [-0.3, -0.25) is 9.78 Å². The maximum absolute atomic E-state index is 12.3. The van der Waals surface area contributed by atoms with Crippen LogP contribution in [0.5, 0.6) is 0 Å². The molecule has 0 aliphatic carbocycles. The van der Waals surface area contributed by atoms with Crippen LogP contribution in [0.15, 0.2) is 46.0 Å². The number of aromatic nitrogens is 4. The van der Waals surface area contributed by atoms with Crippen LogP contribution in [-0.2, 0) is 24.3 Å². The number of rotatable bonds is 6. The average molecular weight is 425 g/mol. The van der Waals surface area contributed by atoms with Gasteiger partial charge in [-0.25, -0.2) is 9.78 Å². The SMILES string of the molecule is CCc1cc2c(cc1Cl)nc1c(=O)[nH]c(=O)nc-1n2CCOCc1ccc(C)cc1. The van der Waals surface area contributed by atoms with E-state index < -0.39 is 11.2 Å². The number of ether oxygens (including phenoxy) is 1. The van der Waals surface area contributed by atoms with Crippen LogP contribution >= 0.6 is 11.6 Å². The van der Waals surface area contributed by atoms with E-state index >= 15 is 0 Å². The van der Waals surface area contributed by atoms with E-state index in [-0.39, 0.29) is 11.5 Å². The Bertz CT molecular complexity index is 1290. The van der Waals surface area contributed by atoms with E-state index in [4.69, 9.17) is 16.3 Å². The van der Waals surface area contributed by atoms with Crippen LogP contribution in [0.1, 0.15) is 23.6 Å². The molecular formula is C22H21ClN4O3. The van der Waals surface area contributed by atoms with Gasteiger partial charge < -0.3 is 9.30 Å². The number of nitrogens with one attached hydrogen (secondary N) is 1. The number of hydrogen-bond acceptors (Lipinski definition) is 5. The number of halogens is 1. The zero-order chi connectivity index (χ0) is 21.3. The van der Waals surface area contributed by atoms with Crippen molar-refractivity contribution >= 4 is 22.6 Å². The second-order valence-electron chi connectivity index (χ2n) is 7.13. The molecule has 0 saturated heterocycles. The third-order valence-corrected chi connectivity index (χ3v) is 5.36. The van der Waals surface area contributed by atoms with Crippen LogP contribution < -0.4 is 11.2 Å². The molecule has 2 aromatic rings. The quantitative estimate of drug-likeness (QED) is 0.379. The van der Waals surface area contributed by atoms with Crippen molar-refractivity contribution < 1.29 is 4.74 Å². The molecule has 0 atom stereocenters. The minimum Gasteiger partial charge on any atom is -0.375 e. The summed E-state index contributed by atoms with van der Waals surface area (Å²) in [5, 5.41) is 0.587. The number of nitrogens with zero attached hydrogens (tertiary/aromatic N) is 3. The highest BCUT2D eigenvalue weighted by atomic mass is 35.5. The lowest BCUT2D eigenvalue weighted by Crippen LogP contribution is -2.29. The maximum atomic E-state index is 12.3. The highest BCUT2D eigenvalue weighted by molar-refractivity contribution is 6.32. The third-order valence-electron chi connectivity index (χ3n) is 5.01. The lowest BCUT2D eigenvalue weighted by atomic mass is 10.1. The van der Waals surface area contributed by atoms with Gasteiger partial charge in [-0.1, -0.05) is 48.4 Å². The molecule has 2 aliphatic heterocycles. The van der Waals surface area contributed by atoms with Gasteiger partial charge >= 0.3 is 5.69 Å². The fourth-order valence-corrected chi connectivity index (χ4v) is 3.68. The van der Waals surface area contributed by atoms with Crippen molar-refractivity contribution in [2.24, 2.45) is 0 Å². The van der Waals surface area contributed by atoms with Crippen molar-refractivity contribution in [3.63, 3.8) is 0 Å². The van der Waals surface area contributed by atoms with E-state index in [1.807, 2.05) is 44.2 Å². The Morgan fingerprint density at radius 2 is 1.90 bits per heavy atom. The molecule has 0 fully saturated rings. The second-order valence-corrected chi connectivity index (χ2v) is 7.54. The molecule has 0 amide bonds. The van der Waals surface area contributed by atoms with Crippen LogP contribution in [-0.4, -0.2) is 26.1 Å². The molecule has 2 aromatic carbocycles. The number of fused-ring (bicyclic) bond motifs is 2. The molecule has 0 saturated carbocycles. The van der Waals surface area contributed by atoms with Gasteiger partial charge in [-0.2, -0.15) is 4.98 Å². The summed E-state index contributed by atoms with van der Waals surface area (Å²) in [5.41, 5.74) is 3.36. The first-order valence-corrected chi connectivity index (χ1v) is 10.1. The van der Waals surface area contributed by atoms with Gasteiger partial charge in [0.25, 0.3) is 5.56 Å². The normalized spacial score (nSPS) is 11.4.